The van der Waals surface area contributed by atoms with E-state index in [9.17, 15) is 9.18 Å². The molecule has 0 aliphatic carbocycles. The first kappa shape index (κ1) is 16.6. The van der Waals surface area contributed by atoms with Crippen LogP contribution in [0.4, 0.5) is 10.1 Å². The third kappa shape index (κ3) is 5.20. The number of hydrogen-bond acceptors (Lipinski definition) is 2. The second kappa shape index (κ2) is 8.01. The van der Waals surface area contributed by atoms with Gasteiger partial charge in [-0.2, -0.15) is 0 Å². The van der Waals surface area contributed by atoms with Crippen molar-refractivity contribution in [1.29, 1.82) is 0 Å². The van der Waals surface area contributed by atoms with E-state index >= 15 is 0 Å². The van der Waals surface area contributed by atoms with Crippen LogP contribution in [0.15, 0.2) is 42.5 Å². The van der Waals surface area contributed by atoms with Crippen molar-refractivity contribution in [1.82, 2.24) is 5.32 Å². The van der Waals surface area contributed by atoms with Gasteiger partial charge < -0.3 is 10.6 Å². The third-order valence-corrected chi connectivity index (χ3v) is 3.74. The van der Waals surface area contributed by atoms with Gasteiger partial charge >= 0.3 is 0 Å². The minimum Gasteiger partial charge on any atom is -0.384 e. The van der Waals surface area contributed by atoms with E-state index in [4.69, 9.17) is 23.2 Å². The molecule has 0 atom stereocenters. The molecular formula is C16H15Cl2FN2O. The highest BCUT2D eigenvalue weighted by molar-refractivity contribution is 6.42. The lowest BCUT2D eigenvalue weighted by molar-refractivity contribution is -0.121. The monoisotopic (exact) mass is 340 g/mol. The molecule has 0 radical (unpaired) electrons. The van der Waals surface area contributed by atoms with Gasteiger partial charge in [-0.15, -0.1) is 0 Å². The summed E-state index contributed by atoms with van der Waals surface area (Å²) in [4.78, 5) is 11.7. The Kier molecular flexibility index (Phi) is 6.04. The summed E-state index contributed by atoms with van der Waals surface area (Å²) >= 11 is 11.7. The normalized spacial score (nSPS) is 10.3. The van der Waals surface area contributed by atoms with Gasteiger partial charge in [0.1, 0.15) is 5.82 Å². The smallest absolute Gasteiger partial charge is 0.222 e. The lowest BCUT2D eigenvalue weighted by atomic mass is 10.2. The summed E-state index contributed by atoms with van der Waals surface area (Å²) in [5.74, 6) is -0.377. The van der Waals surface area contributed by atoms with Crippen LogP contribution in [0.2, 0.25) is 10.0 Å². The number of amides is 1. The quantitative estimate of drug-likeness (QED) is 0.825. The number of carbonyl (C=O) groups excluding carboxylic acids is 1. The zero-order valence-electron chi connectivity index (χ0n) is 11.7. The van der Waals surface area contributed by atoms with Gasteiger partial charge in [0, 0.05) is 25.2 Å². The van der Waals surface area contributed by atoms with Crippen molar-refractivity contribution in [2.24, 2.45) is 0 Å². The first-order valence-corrected chi connectivity index (χ1v) is 7.50. The molecule has 0 aliphatic heterocycles. The molecular weight excluding hydrogens is 326 g/mol. The van der Waals surface area contributed by atoms with Gasteiger partial charge in [0.05, 0.1) is 10.0 Å². The van der Waals surface area contributed by atoms with Crippen molar-refractivity contribution < 1.29 is 9.18 Å². The molecule has 2 aromatic rings. The summed E-state index contributed by atoms with van der Waals surface area (Å²) < 4.78 is 12.8. The van der Waals surface area contributed by atoms with E-state index in [1.807, 2.05) is 0 Å². The summed E-state index contributed by atoms with van der Waals surface area (Å²) in [5, 5.41) is 6.83. The molecule has 2 N–H and O–H groups in total. The standard InChI is InChI=1S/C16H15Cl2FN2O/c17-14-6-5-13(9-15(14)18)20-8-7-16(22)21-10-11-1-3-12(19)4-2-11/h1-6,9,20H,7-8,10H2,(H,21,22). The molecule has 0 aliphatic rings. The van der Waals surface area contributed by atoms with Gasteiger partial charge in [-0.3, -0.25) is 4.79 Å². The Morgan fingerprint density at radius 2 is 1.77 bits per heavy atom. The second-order valence-corrected chi connectivity index (χ2v) is 5.52. The van der Waals surface area contributed by atoms with Gasteiger partial charge in [0.2, 0.25) is 5.91 Å². The van der Waals surface area contributed by atoms with E-state index in [-0.39, 0.29) is 11.7 Å². The summed E-state index contributed by atoms with van der Waals surface area (Å²) in [6.45, 7) is 0.860. The van der Waals surface area contributed by atoms with Crippen LogP contribution in [-0.4, -0.2) is 12.5 Å². The van der Waals surface area contributed by atoms with E-state index in [2.05, 4.69) is 10.6 Å². The predicted octanol–water partition coefficient (Wildman–Crippen LogP) is 4.25. The Hall–Kier alpha value is -1.78. The SMILES string of the molecule is O=C(CCNc1ccc(Cl)c(Cl)c1)NCc1ccc(F)cc1. The van der Waals surface area contributed by atoms with Gasteiger partial charge in [-0.05, 0) is 35.9 Å². The Labute approximate surface area is 138 Å². The molecule has 0 spiro atoms. The summed E-state index contributed by atoms with van der Waals surface area (Å²) in [6, 6.07) is 11.2. The maximum Gasteiger partial charge on any atom is 0.222 e. The number of nitrogens with one attached hydrogen (secondary N) is 2. The van der Waals surface area contributed by atoms with Crippen LogP contribution in [0.5, 0.6) is 0 Å². The number of benzene rings is 2. The van der Waals surface area contributed by atoms with E-state index in [0.29, 0.717) is 29.6 Å². The Balaban J connectivity index is 1.71. The topological polar surface area (TPSA) is 41.1 Å². The number of rotatable bonds is 6. The fraction of sp³-hybridized carbons (Fsp3) is 0.188. The van der Waals surface area contributed by atoms with Crippen LogP contribution in [-0.2, 0) is 11.3 Å². The van der Waals surface area contributed by atoms with E-state index in [0.717, 1.165) is 11.3 Å². The molecule has 0 heterocycles. The largest absolute Gasteiger partial charge is 0.384 e. The van der Waals surface area contributed by atoms with Crippen molar-refractivity contribution in [2.45, 2.75) is 13.0 Å². The Morgan fingerprint density at radius 1 is 1.05 bits per heavy atom. The Bertz CT molecular complexity index is 647. The van der Waals surface area contributed by atoms with Crippen molar-refractivity contribution in [3.63, 3.8) is 0 Å². The number of hydrogen-bond donors (Lipinski definition) is 2. The summed E-state index contributed by atoms with van der Waals surface area (Å²) in [7, 11) is 0. The fourth-order valence-corrected chi connectivity index (χ4v) is 2.12. The average molecular weight is 341 g/mol. The maximum atomic E-state index is 12.8. The fourth-order valence-electron chi connectivity index (χ4n) is 1.82. The molecule has 0 fully saturated rings. The molecule has 2 aromatic carbocycles. The summed E-state index contributed by atoms with van der Waals surface area (Å²) in [5.41, 5.74) is 1.66. The van der Waals surface area contributed by atoms with E-state index in [1.54, 1.807) is 30.3 Å². The van der Waals surface area contributed by atoms with E-state index in [1.165, 1.54) is 12.1 Å². The van der Waals surface area contributed by atoms with Crippen molar-refractivity contribution in [2.75, 3.05) is 11.9 Å². The molecule has 1 amide bonds. The van der Waals surface area contributed by atoms with Crippen LogP contribution in [0.1, 0.15) is 12.0 Å². The molecule has 0 saturated heterocycles. The van der Waals surface area contributed by atoms with Crippen LogP contribution < -0.4 is 10.6 Å². The van der Waals surface area contributed by atoms with Crippen LogP contribution in [0.3, 0.4) is 0 Å². The molecule has 6 heteroatoms. The van der Waals surface area contributed by atoms with Gasteiger partial charge in [-0.1, -0.05) is 35.3 Å². The molecule has 3 nitrogen and oxygen atoms in total. The van der Waals surface area contributed by atoms with Gasteiger partial charge in [-0.25, -0.2) is 4.39 Å². The van der Waals surface area contributed by atoms with Crippen LogP contribution in [0.25, 0.3) is 0 Å². The lowest BCUT2D eigenvalue weighted by Crippen LogP contribution is -2.24. The first-order valence-electron chi connectivity index (χ1n) is 6.74. The lowest BCUT2D eigenvalue weighted by Gasteiger charge is -2.08. The predicted molar refractivity (Wildman–Crippen MR) is 87.8 cm³/mol. The number of anilines is 1. The van der Waals surface area contributed by atoms with Gasteiger partial charge in [0.15, 0.2) is 0 Å². The van der Waals surface area contributed by atoms with Gasteiger partial charge in [0.25, 0.3) is 0 Å². The summed E-state index contributed by atoms with van der Waals surface area (Å²) in [6.07, 6.45) is 0.321. The Morgan fingerprint density at radius 3 is 2.45 bits per heavy atom. The zero-order valence-corrected chi connectivity index (χ0v) is 13.2. The molecule has 22 heavy (non-hydrogen) atoms. The minimum atomic E-state index is -0.291. The van der Waals surface area contributed by atoms with E-state index < -0.39 is 0 Å². The molecule has 0 aromatic heterocycles. The molecule has 0 unspecified atom stereocenters. The number of halogens is 3. The first-order chi connectivity index (χ1) is 10.5. The van der Waals surface area contributed by atoms with Crippen molar-refractivity contribution >= 4 is 34.8 Å². The highest BCUT2D eigenvalue weighted by Gasteiger charge is 2.03. The maximum absolute atomic E-state index is 12.8. The molecule has 2 rings (SSSR count). The number of carbonyl (C=O) groups is 1. The molecule has 116 valence electrons. The van der Waals surface area contributed by atoms with Crippen LogP contribution >= 0.6 is 23.2 Å². The molecule has 0 bridgehead atoms. The van der Waals surface area contributed by atoms with Crippen LogP contribution in [0, 0.1) is 5.82 Å². The van der Waals surface area contributed by atoms with Crippen molar-refractivity contribution in [3.05, 3.63) is 63.9 Å². The average Bonchev–Trinajstić information content (AvgIpc) is 2.50. The van der Waals surface area contributed by atoms with Crippen molar-refractivity contribution in [3.8, 4) is 0 Å². The minimum absolute atomic E-state index is 0.0862. The third-order valence-electron chi connectivity index (χ3n) is 3.00. The highest BCUT2D eigenvalue weighted by atomic mass is 35.5. The molecule has 0 saturated carbocycles. The second-order valence-electron chi connectivity index (χ2n) is 4.71. The highest BCUT2D eigenvalue weighted by Crippen LogP contribution is 2.24. The zero-order chi connectivity index (χ0) is 15.9.